The molecule has 11 heteroatoms. The van der Waals surface area contributed by atoms with Gasteiger partial charge in [-0.1, -0.05) is 0 Å². The molecule has 7 nitrogen and oxygen atoms in total. The van der Waals surface area contributed by atoms with Crippen molar-refractivity contribution in [1.82, 2.24) is 14.9 Å². The fourth-order valence-electron chi connectivity index (χ4n) is 5.62. The number of piperidine rings is 1. The summed E-state index contributed by atoms with van der Waals surface area (Å²) in [5.41, 5.74) is 9.32. The first kappa shape index (κ1) is 25.3. The topological polar surface area (TPSA) is 93.5 Å². The number of rotatable bonds is 4. The number of aromatic nitrogens is 2. The van der Waals surface area contributed by atoms with Crippen LogP contribution in [0.2, 0.25) is 0 Å². The van der Waals surface area contributed by atoms with E-state index in [1.807, 2.05) is 0 Å². The van der Waals surface area contributed by atoms with Gasteiger partial charge in [0.1, 0.15) is 17.2 Å². The lowest BCUT2D eigenvalue weighted by molar-refractivity contribution is -0.274. The predicted molar refractivity (Wildman–Crippen MR) is 129 cm³/mol. The monoisotopic (exact) mass is 520 g/mol. The van der Waals surface area contributed by atoms with E-state index in [4.69, 9.17) is 10.5 Å². The number of alkyl halides is 3. The summed E-state index contributed by atoms with van der Waals surface area (Å²) in [4.78, 5) is 22.4. The van der Waals surface area contributed by atoms with Crippen LogP contribution < -0.4 is 10.5 Å². The minimum atomic E-state index is -4.85. The molecule has 1 aliphatic carbocycles. The zero-order valence-corrected chi connectivity index (χ0v) is 20.3. The van der Waals surface area contributed by atoms with E-state index in [0.29, 0.717) is 43.6 Å². The molecule has 1 amide bonds. The largest absolute Gasteiger partial charge is 0.573 e. The van der Waals surface area contributed by atoms with Gasteiger partial charge in [0.05, 0.1) is 17.9 Å². The van der Waals surface area contributed by atoms with Gasteiger partial charge < -0.3 is 25.1 Å². The van der Waals surface area contributed by atoms with E-state index in [0.717, 1.165) is 48.0 Å². The molecule has 5 rings (SSSR count). The number of aryl methyl sites for hydroxylation is 1. The number of ether oxygens (including phenoxy) is 2. The molecule has 1 aliphatic heterocycles. The molecule has 1 aromatic carbocycles. The maximum Gasteiger partial charge on any atom is 0.573 e. The molecule has 3 heterocycles. The Bertz CT molecular complexity index is 1320. The maximum absolute atomic E-state index is 15.3. The van der Waals surface area contributed by atoms with E-state index < -0.39 is 12.1 Å². The Labute approximate surface area is 210 Å². The lowest BCUT2D eigenvalue weighted by Crippen LogP contribution is -2.38. The number of pyridine rings is 1. The normalized spacial score (nSPS) is 19.1. The van der Waals surface area contributed by atoms with Gasteiger partial charge in [-0.3, -0.25) is 4.79 Å². The number of aromatic amines is 1. The zero-order chi connectivity index (χ0) is 26.3. The highest BCUT2D eigenvalue weighted by atomic mass is 19.4. The van der Waals surface area contributed by atoms with E-state index >= 15 is 4.39 Å². The molecule has 198 valence electrons. The second-order valence-electron chi connectivity index (χ2n) is 9.64. The number of H-pyrrole nitrogens is 1. The van der Waals surface area contributed by atoms with Crippen molar-refractivity contribution in [2.75, 3.05) is 25.9 Å². The number of likely N-dealkylation sites (tertiary alicyclic amines) is 1. The Hall–Kier alpha value is -3.34. The van der Waals surface area contributed by atoms with Gasteiger partial charge in [-0.05, 0) is 55.7 Å². The van der Waals surface area contributed by atoms with Gasteiger partial charge in [0, 0.05) is 55.0 Å². The van der Waals surface area contributed by atoms with Crippen LogP contribution in [0.5, 0.6) is 5.75 Å². The predicted octanol–water partition coefficient (Wildman–Crippen LogP) is 5.10. The molecule has 0 bridgehead atoms. The maximum atomic E-state index is 15.3. The molecule has 0 spiro atoms. The van der Waals surface area contributed by atoms with Gasteiger partial charge in [0.2, 0.25) is 0 Å². The molecular weight excluding hydrogens is 492 g/mol. The van der Waals surface area contributed by atoms with Crippen molar-refractivity contribution in [3.8, 4) is 5.75 Å². The summed E-state index contributed by atoms with van der Waals surface area (Å²) >= 11 is 0. The third kappa shape index (κ3) is 5.09. The number of carbonyl (C=O) groups is 1. The Kier molecular flexibility index (Phi) is 6.74. The van der Waals surface area contributed by atoms with Crippen molar-refractivity contribution >= 4 is 22.6 Å². The Morgan fingerprint density at radius 3 is 2.65 bits per heavy atom. The van der Waals surface area contributed by atoms with Crippen molar-refractivity contribution in [3.63, 3.8) is 0 Å². The summed E-state index contributed by atoms with van der Waals surface area (Å²) in [5.74, 6) is -1.34. The number of nitrogens with two attached hydrogens (primary N) is 1. The number of amides is 1. The van der Waals surface area contributed by atoms with Gasteiger partial charge in [-0.15, -0.1) is 13.2 Å². The molecule has 3 N–H and O–H groups in total. The minimum Gasteiger partial charge on any atom is -0.406 e. The Morgan fingerprint density at radius 1 is 1.22 bits per heavy atom. The smallest absolute Gasteiger partial charge is 0.406 e. The molecule has 0 saturated carbocycles. The second kappa shape index (κ2) is 9.85. The molecular formula is C26H28F4N4O3. The van der Waals surface area contributed by atoms with Crippen LogP contribution in [0.3, 0.4) is 0 Å². The fraction of sp³-hybridized carbons (Fsp3) is 0.462. The first-order valence-electron chi connectivity index (χ1n) is 12.3. The number of halogens is 4. The SMILES string of the molecule is CO[C@@H]1CCCc2[nH]c3ncc(F)c(C4CCN(C(=O)c5ccc(OC(F)(F)F)cc5N)CC4)c3c2C1. The van der Waals surface area contributed by atoms with Gasteiger partial charge >= 0.3 is 6.36 Å². The molecule has 3 aromatic rings. The summed E-state index contributed by atoms with van der Waals surface area (Å²) in [6, 6.07) is 3.29. The van der Waals surface area contributed by atoms with E-state index in [1.54, 1.807) is 12.0 Å². The number of fused-ring (bicyclic) bond motifs is 3. The summed E-state index contributed by atoms with van der Waals surface area (Å²) in [6.07, 6.45) is 0.987. The van der Waals surface area contributed by atoms with E-state index in [2.05, 4.69) is 14.7 Å². The van der Waals surface area contributed by atoms with Crippen molar-refractivity contribution in [2.24, 2.45) is 0 Å². The standard InChI is InChI=1S/C26H28F4N4O3/c1-36-15-3-2-4-21-18(11-15)23-22(19(27)13-32-24(23)33-21)14-7-9-34(10-8-14)25(35)17-6-5-16(12-20(17)31)37-26(28,29)30/h5-6,12-15H,2-4,7-11,31H2,1H3,(H,32,33)/t15-/m1/s1. The number of nitrogens with zero attached hydrogens (tertiary/aromatic N) is 2. The highest BCUT2D eigenvalue weighted by Crippen LogP contribution is 2.39. The van der Waals surface area contributed by atoms with Gasteiger partial charge in [-0.25, -0.2) is 9.37 Å². The summed E-state index contributed by atoms with van der Waals surface area (Å²) in [5, 5.41) is 0.827. The number of nitrogens with one attached hydrogen (secondary N) is 1. The van der Waals surface area contributed by atoms with Gasteiger partial charge in [0.15, 0.2) is 0 Å². The van der Waals surface area contributed by atoms with E-state index in [9.17, 15) is 18.0 Å². The van der Waals surface area contributed by atoms with Crippen LogP contribution in [-0.2, 0) is 17.6 Å². The first-order chi connectivity index (χ1) is 17.6. The number of hydrogen-bond acceptors (Lipinski definition) is 5. The zero-order valence-electron chi connectivity index (χ0n) is 20.3. The van der Waals surface area contributed by atoms with Crippen LogP contribution in [0.25, 0.3) is 11.0 Å². The fourth-order valence-corrected chi connectivity index (χ4v) is 5.62. The highest BCUT2D eigenvalue weighted by Gasteiger charge is 2.33. The van der Waals surface area contributed by atoms with Gasteiger partial charge in [-0.2, -0.15) is 0 Å². The lowest BCUT2D eigenvalue weighted by Gasteiger charge is -2.33. The molecule has 37 heavy (non-hydrogen) atoms. The van der Waals surface area contributed by atoms with E-state index in [1.165, 1.54) is 12.3 Å². The molecule has 1 fully saturated rings. The molecule has 2 aromatic heterocycles. The number of carbonyl (C=O) groups excluding carboxylic acids is 1. The molecule has 1 atom stereocenters. The van der Waals surface area contributed by atoms with Crippen LogP contribution >= 0.6 is 0 Å². The third-order valence-electron chi connectivity index (χ3n) is 7.40. The van der Waals surface area contributed by atoms with Gasteiger partial charge in [0.25, 0.3) is 5.91 Å². The van der Waals surface area contributed by atoms with Crippen molar-refractivity contribution in [2.45, 2.75) is 56.9 Å². The van der Waals surface area contributed by atoms with Crippen LogP contribution in [0.4, 0.5) is 23.2 Å². The first-order valence-corrected chi connectivity index (χ1v) is 12.3. The molecule has 0 unspecified atom stereocenters. The number of methoxy groups -OCH3 is 1. The number of anilines is 1. The second-order valence-corrected chi connectivity index (χ2v) is 9.64. The third-order valence-corrected chi connectivity index (χ3v) is 7.40. The highest BCUT2D eigenvalue weighted by molar-refractivity contribution is 5.99. The van der Waals surface area contributed by atoms with Crippen LogP contribution in [0.15, 0.2) is 24.4 Å². The van der Waals surface area contributed by atoms with E-state index in [-0.39, 0.29) is 35.0 Å². The lowest BCUT2D eigenvalue weighted by atomic mass is 9.86. The average Bonchev–Trinajstić information content (AvgIpc) is 3.06. The van der Waals surface area contributed by atoms with Crippen molar-refractivity contribution in [3.05, 3.63) is 52.6 Å². The van der Waals surface area contributed by atoms with Crippen molar-refractivity contribution in [1.29, 1.82) is 0 Å². The number of nitrogen functional groups attached to an aromatic ring is 1. The Balaban J connectivity index is 1.36. The van der Waals surface area contributed by atoms with Crippen LogP contribution in [0.1, 0.15) is 58.8 Å². The Morgan fingerprint density at radius 2 is 1.97 bits per heavy atom. The molecule has 1 saturated heterocycles. The summed E-state index contributed by atoms with van der Waals surface area (Å²) in [6.45, 7) is 0.723. The molecule has 2 aliphatic rings. The quantitative estimate of drug-likeness (QED) is 0.284. The number of benzene rings is 1. The van der Waals surface area contributed by atoms with Crippen LogP contribution in [0, 0.1) is 5.82 Å². The minimum absolute atomic E-state index is 0.0641. The average molecular weight is 521 g/mol. The van der Waals surface area contributed by atoms with Crippen LogP contribution in [-0.4, -0.2) is 53.4 Å². The summed E-state index contributed by atoms with van der Waals surface area (Å²) < 4.78 is 62.2. The number of hydrogen-bond donors (Lipinski definition) is 2. The summed E-state index contributed by atoms with van der Waals surface area (Å²) in [7, 11) is 1.70. The van der Waals surface area contributed by atoms with Crippen molar-refractivity contribution < 1.29 is 31.8 Å². The molecule has 0 radical (unpaired) electrons.